The highest BCUT2D eigenvalue weighted by atomic mass is 16.8. The molecule has 1 aromatic carbocycles. The van der Waals surface area contributed by atoms with Crippen molar-refractivity contribution in [1.29, 1.82) is 0 Å². The molecule has 2 heterocycles. The lowest BCUT2D eigenvalue weighted by molar-refractivity contribution is -0.102. The monoisotopic (exact) mass is 331 g/mol. The van der Waals surface area contributed by atoms with Crippen LogP contribution in [0.15, 0.2) is 47.1 Å². The van der Waals surface area contributed by atoms with Gasteiger partial charge in [0.05, 0.1) is 6.26 Å². The van der Waals surface area contributed by atoms with E-state index >= 15 is 0 Å². The van der Waals surface area contributed by atoms with E-state index in [1.54, 1.807) is 6.26 Å². The second kappa shape index (κ2) is 8.33. The minimum absolute atomic E-state index is 0.263. The van der Waals surface area contributed by atoms with E-state index in [0.717, 1.165) is 37.3 Å². The van der Waals surface area contributed by atoms with Crippen LogP contribution in [-0.4, -0.2) is 44.7 Å². The molecule has 1 aliphatic rings. The van der Waals surface area contributed by atoms with E-state index < -0.39 is 0 Å². The normalized spacial score (nSPS) is 20.6. The van der Waals surface area contributed by atoms with E-state index in [1.807, 2.05) is 24.3 Å². The molecule has 0 bridgehead atoms. The molecule has 0 saturated carbocycles. The van der Waals surface area contributed by atoms with Crippen LogP contribution in [0.2, 0.25) is 0 Å². The van der Waals surface area contributed by atoms with Crippen LogP contribution in [0.25, 0.3) is 0 Å². The minimum Gasteiger partial charge on any atom is -0.465 e. The number of aryl methyl sites for hydroxylation is 1. The Morgan fingerprint density at radius 3 is 2.79 bits per heavy atom. The molecule has 1 aromatic heterocycles. The van der Waals surface area contributed by atoms with Crippen molar-refractivity contribution in [2.75, 3.05) is 27.2 Å². The van der Waals surface area contributed by atoms with Gasteiger partial charge in [-0.25, -0.2) is 0 Å². The van der Waals surface area contributed by atoms with Gasteiger partial charge >= 0.3 is 0 Å². The topological polar surface area (TPSA) is 44.1 Å². The van der Waals surface area contributed by atoms with E-state index in [4.69, 9.17) is 18.6 Å². The van der Waals surface area contributed by atoms with E-state index in [1.165, 1.54) is 5.56 Å². The van der Waals surface area contributed by atoms with Crippen molar-refractivity contribution < 1.29 is 18.6 Å². The van der Waals surface area contributed by atoms with Gasteiger partial charge in [0.1, 0.15) is 12.4 Å². The number of benzene rings is 1. The zero-order chi connectivity index (χ0) is 16.8. The van der Waals surface area contributed by atoms with E-state index in [-0.39, 0.29) is 12.6 Å². The van der Waals surface area contributed by atoms with Crippen molar-refractivity contribution in [3.05, 3.63) is 54.0 Å². The Morgan fingerprint density at radius 1 is 1.17 bits per heavy atom. The summed E-state index contributed by atoms with van der Waals surface area (Å²) in [5.74, 6) is 1.62. The highest BCUT2D eigenvalue weighted by Gasteiger charge is 2.28. The minimum atomic E-state index is -0.385. The van der Waals surface area contributed by atoms with Crippen molar-refractivity contribution >= 4 is 0 Å². The maximum Gasteiger partial charge on any atom is 0.226 e. The van der Waals surface area contributed by atoms with Gasteiger partial charge in [-0.15, -0.1) is 0 Å². The van der Waals surface area contributed by atoms with Crippen molar-refractivity contribution in [3.8, 4) is 5.75 Å². The third-order valence-corrected chi connectivity index (χ3v) is 3.94. The molecule has 130 valence electrons. The lowest BCUT2D eigenvalue weighted by atomic mass is 10.1. The molecule has 0 N–H and O–H groups in total. The highest BCUT2D eigenvalue weighted by Crippen LogP contribution is 2.25. The van der Waals surface area contributed by atoms with Crippen LogP contribution in [0.5, 0.6) is 5.75 Å². The predicted molar refractivity (Wildman–Crippen MR) is 91.0 cm³/mol. The second-order valence-corrected chi connectivity index (χ2v) is 6.25. The summed E-state index contributed by atoms with van der Waals surface area (Å²) in [6.07, 6.45) is 3.61. The van der Waals surface area contributed by atoms with E-state index in [0.29, 0.717) is 6.61 Å². The largest absolute Gasteiger partial charge is 0.465 e. The maximum atomic E-state index is 5.92. The average molecular weight is 331 g/mol. The first-order valence-corrected chi connectivity index (χ1v) is 8.39. The fourth-order valence-corrected chi connectivity index (χ4v) is 2.72. The molecular weight excluding hydrogens is 306 g/mol. The number of ether oxygens (including phenoxy) is 3. The third-order valence-electron chi connectivity index (χ3n) is 3.94. The summed E-state index contributed by atoms with van der Waals surface area (Å²) >= 11 is 0. The molecule has 5 heteroatoms. The number of hydrogen-bond acceptors (Lipinski definition) is 5. The highest BCUT2D eigenvalue weighted by molar-refractivity contribution is 5.25. The van der Waals surface area contributed by atoms with Crippen molar-refractivity contribution in [2.24, 2.45) is 0 Å². The van der Waals surface area contributed by atoms with Gasteiger partial charge in [0.25, 0.3) is 0 Å². The molecule has 0 spiro atoms. The maximum absolute atomic E-state index is 5.92. The molecule has 3 rings (SSSR count). The van der Waals surface area contributed by atoms with Gasteiger partial charge in [-0.2, -0.15) is 0 Å². The Kier molecular flexibility index (Phi) is 5.91. The standard InChI is InChI=1S/C19H25NO4/c1-20(2)11-6-9-16-17(10-12-21-16)23-19-14-22-18(24-19)13-15-7-4-3-5-8-15/h3-5,7-8,10,12,18-19H,6,9,11,13-14H2,1-2H3. The zero-order valence-electron chi connectivity index (χ0n) is 14.3. The summed E-state index contributed by atoms with van der Waals surface area (Å²) in [4.78, 5) is 2.16. The summed E-state index contributed by atoms with van der Waals surface area (Å²) in [5, 5.41) is 0. The van der Waals surface area contributed by atoms with Gasteiger partial charge in [-0.1, -0.05) is 30.3 Å². The number of furan rings is 1. The zero-order valence-corrected chi connectivity index (χ0v) is 14.3. The van der Waals surface area contributed by atoms with Crippen LogP contribution in [0.1, 0.15) is 17.7 Å². The van der Waals surface area contributed by atoms with Gasteiger partial charge in [0.15, 0.2) is 12.0 Å². The SMILES string of the molecule is CN(C)CCCc1occc1OC1COC(Cc2ccccc2)O1. The molecule has 0 aliphatic carbocycles. The van der Waals surface area contributed by atoms with Crippen molar-refractivity contribution in [1.82, 2.24) is 4.90 Å². The fourth-order valence-electron chi connectivity index (χ4n) is 2.72. The smallest absolute Gasteiger partial charge is 0.226 e. The van der Waals surface area contributed by atoms with Gasteiger partial charge in [-0.05, 0) is 32.6 Å². The summed E-state index contributed by atoms with van der Waals surface area (Å²) in [6.45, 7) is 1.45. The first-order valence-electron chi connectivity index (χ1n) is 8.39. The quantitative estimate of drug-likeness (QED) is 0.744. The Balaban J connectivity index is 1.48. The van der Waals surface area contributed by atoms with Crippen LogP contribution >= 0.6 is 0 Å². The van der Waals surface area contributed by atoms with Crippen LogP contribution in [0.4, 0.5) is 0 Å². The third kappa shape index (κ3) is 4.84. The summed E-state index contributed by atoms with van der Waals surface area (Å²) < 4.78 is 23.0. The molecular formula is C19H25NO4. The Morgan fingerprint density at radius 2 is 2.00 bits per heavy atom. The second-order valence-electron chi connectivity index (χ2n) is 6.25. The molecule has 1 aliphatic heterocycles. The molecule has 1 fully saturated rings. The average Bonchev–Trinajstić information content (AvgIpc) is 3.18. The summed E-state index contributed by atoms with van der Waals surface area (Å²) in [5.41, 5.74) is 1.19. The Labute approximate surface area is 143 Å². The van der Waals surface area contributed by atoms with Crippen LogP contribution in [0, 0.1) is 0 Å². The predicted octanol–water partition coefficient (Wildman–Crippen LogP) is 3.09. The van der Waals surface area contributed by atoms with Gasteiger partial charge in [0, 0.05) is 18.9 Å². The van der Waals surface area contributed by atoms with E-state index in [9.17, 15) is 0 Å². The molecule has 24 heavy (non-hydrogen) atoms. The fraction of sp³-hybridized carbons (Fsp3) is 0.474. The summed E-state index contributed by atoms with van der Waals surface area (Å²) in [7, 11) is 4.13. The number of hydrogen-bond donors (Lipinski definition) is 0. The molecule has 5 nitrogen and oxygen atoms in total. The van der Waals surface area contributed by atoms with Crippen LogP contribution in [0.3, 0.4) is 0 Å². The van der Waals surface area contributed by atoms with Crippen LogP contribution < -0.4 is 4.74 Å². The van der Waals surface area contributed by atoms with Crippen molar-refractivity contribution in [2.45, 2.75) is 31.8 Å². The molecule has 0 radical (unpaired) electrons. The van der Waals surface area contributed by atoms with Crippen molar-refractivity contribution in [3.63, 3.8) is 0 Å². The van der Waals surface area contributed by atoms with Gasteiger partial charge < -0.3 is 23.5 Å². The first-order chi connectivity index (χ1) is 11.7. The molecule has 0 amide bonds. The molecule has 2 atom stereocenters. The first kappa shape index (κ1) is 17.0. The molecule has 2 unspecified atom stereocenters. The Bertz CT molecular complexity index is 611. The number of rotatable bonds is 8. The van der Waals surface area contributed by atoms with Gasteiger partial charge in [0.2, 0.25) is 6.29 Å². The summed E-state index contributed by atoms with van der Waals surface area (Å²) in [6, 6.07) is 12.0. The molecule has 2 aromatic rings. The lowest BCUT2D eigenvalue weighted by Gasteiger charge is -2.13. The number of nitrogens with zero attached hydrogens (tertiary/aromatic N) is 1. The van der Waals surface area contributed by atoms with E-state index in [2.05, 4.69) is 31.1 Å². The molecule has 1 saturated heterocycles. The Hall–Kier alpha value is -1.82. The lowest BCUT2D eigenvalue weighted by Crippen LogP contribution is -2.20. The van der Waals surface area contributed by atoms with Gasteiger partial charge in [-0.3, -0.25) is 0 Å². The van der Waals surface area contributed by atoms with Crippen LogP contribution in [-0.2, 0) is 22.3 Å².